The summed E-state index contributed by atoms with van der Waals surface area (Å²) in [6, 6.07) is 8.38. The molecule has 5 rings (SSSR count). The summed E-state index contributed by atoms with van der Waals surface area (Å²) >= 11 is 0. The Balaban J connectivity index is 0.00000304. The molecule has 9 heteroatoms. The molecule has 2 atom stereocenters. The van der Waals surface area contributed by atoms with E-state index in [0.29, 0.717) is 42.7 Å². The zero-order chi connectivity index (χ0) is 24.7. The lowest BCUT2D eigenvalue weighted by Gasteiger charge is -2.21. The van der Waals surface area contributed by atoms with Crippen molar-refractivity contribution in [3.8, 4) is 0 Å². The number of sulfone groups is 1. The van der Waals surface area contributed by atoms with Gasteiger partial charge in [-0.2, -0.15) is 0 Å². The summed E-state index contributed by atoms with van der Waals surface area (Å²) in [6.45, 7) is 0. The minimum atomic E-state index is -3.34. The number of carbonyl (C=O) groups excluding carboxylic acids is 2. The van der Waals surface area contributed by atoms with E-state index in [-0.39, 0.29) is 53.0 Å². The lowest BCUT2D eigenvalue weighted by atomic mass is 9.83. The van der Waals surface area contributed by atoms with Crippen LogP contribution in [0.3, 0.4) is 0 Å². The second-order valence-corrected chi connectivity index (χ2v) is 12.4. The van der Waals surface area contributed by atoms with Crippen LogP contribution in [0.2, 0.25) is 0 Å². The van der Waals surface area contributed by atoms with Gasteiger partial charge in [0, 0.05) is 37.1 Å². The average Bonchev–Trinajstić information content (AvgIpc) is 3.75. The van der Waals surface area contributed by atoms with E-state index in [1.54, 1.807) is 18.2 Å². The number of benzene rings is 1. The minimum absolute atomic E-state index is 0. The number of ketones is 2. The third kappa shape index (κ3) is 5.70. The van der Waals surface area contributed by atoms with Crippen LogP contribution in [0.4, 0.5) is 0 Å². The molecule has 0 bridgehead atoms. The third-order valence-electron chi connectivity index (χ3n) is 7.46. The Labute approximate surface area is 217 Å². The van der Waals surface area contributed by atoms with E-state index in [9.17, 15) is 22.8 Å². The van der Waals surface area contributed by atoms with E-state index < -0.39 is 21.7 Å². The summed E-state index contributed by atoms with van der Waals surface area (Å²) in [4.78, 5) is 41.1. The first-order valence-electron chi connectivity index (χ1n) is 12.3. The van der Waals surface area contributed by atoms with Crippen molar-refractivity contribution in [1.29, 1.82) is 0 Å². The Bertz CT molecular complexity index is 1280. The van der Waals surface area contributed by atoms with Gasteiger partial charge in [-0.1, -0.05) is 12.1 Å². The maximum absolute atomic E-state index is 13.5. The molecule has 1 heterocycles. The summed E-state index contributed by atoms with van der Waals surface area (Å²) in [7, 11) is -3.34. The van der Waals surface area contributed by atoms with Gasteiger partial charge in [0.05, 0.1) is 15.7 Å². The number of rotatable bonds is 10. The Kier molecular flexibility index (Phi) is 7.67. The van der Waals surface area contributed by atoms with E-state index in [1.807, 2.05) is 6.07 Å². The minimum Gasteiger partial charge on any atom is -0.478 e. The molecule has 1 aromatic carbocycles. The van der Waals surface area contributed by atoms with E-state index in [2.05, 4.69) is 4.98 Å². The summed E-state index contributed by atoms with van der Waals surface area (Å²) in [5.41, 5.74) is 2.18. The highest BCUT2D eigenvalue weighted by Gasteiger charge is 2.41. The van der Waals surface area contributed by atoms with Crippen molar-refractivity contribution in [1.82, 2.24) is 4.98 Å². The van der Waals surface area contributed by atoms with Crippen LogP contribution < -0.4 is 0 Å². The number of aromatic carboxylic acids is 1. The molecule has 192 valence electrons. The number of pyridine rings is 1. The fourth-order valence-electron chi connectivity index (χ4n) is 5.15. The first-order chi connectivity index (χ1) is 16.7. The molecular formula is C27H30ClNO6S. The largest absolute Gasteiger partial charge is 0.478 e. The SMILES string of the molecule is Cl.O=C1CC[C@H](C[C@@H](C(=O)Cc2ccc(C(=O)O)cn2)c2ccc(S(=O)(=O)C3CC3)c(C3CC3)c2)C1. The van der Waals surface area contributed by atoms with Crippen LogP contribution in [-0.2, 0) is 25.8 Å². The molecule has 3 aliphatic carbocycles. The molecule has 3 aliphatic rings. The van der Waals surface area contributed by atoms with E-state index >= 15 is 0 Å². The second kappa shape index (κ2) is 10.4. The van der Waals surface area contributed by atoms with Crippen molar-refractivity contribution in [2.45, 2.75) is 79.8 Å². The molecule has 7 nitrogen and oxygen atoms in total. The first-order valence-corrected chi connectivity index (χ1v) is 13.9. The van der Waals surface area contributed by atoms with Gasteiger partial charge in [0.1, 0.15) is 11.6 Å². The van der Waals surface area contributed by atoms with Crippen molar-refractivity contribution in [3.05, 3.63) is 58.9 Å². The number of nitrogens with zero attached hydrogens (tertiary/aromatic N) is 1. The van der Waals surface area contributed by atoms with Gasteiger partial charge in [0.15, 0.2) is 9.84 Å². The molecule has 0 aliphatic heterocycles. The Morgan fingerprint density at radius 1 is 1.06 bits per heavy atom. The molecular weight excluding hydrogens is 502 g/mol. The van der Waals surface area contributed by atoms with Crippen LogP contribution in [0, 0.1) is 5.92 Å². The molecule has 2 aromatic rings. The van der Waals surface area contributed by atoms with Crippen molar-refractivity contribution in [2.75, 3.05) is 0 Å². The van der Waals surface area contributed by atoms with Gasteiger partial charge in [-0.05, 0) is 79.7 Å². The number of carbonyl (C=O) groups is 3. The Hall–Kier alpha value is -2.58. The zero-order valence-corrected chi connectivity index (χ0v) is 21.5. The standard InChI is InChI=1S/C27H29NO6S.ClH/c29-21-7-1-16(11-21)12-23(25(30)14-20-6-4-19(15-28-20)27(31)32)18-5-10-26(24(13-18)17-2-3-17)35(33,34)22-8-9-22;/h4-6,10,13,15-17,22-23H,1-3,7-9,11-12,14H2,(H,31,32);1H/t16-,23+;/m0./s1. The zero-order valence-electron chi connectivity index (χ0n) is 19.9. The van der Waals surface area contributed by atoms with Crippen LogP contribution in [0.1, 0.15) is 90.4 Å². The van der Waals surface area contributed by atoms with Crippen molar-refractivity contribution < 1.29 is 27.9 Å². The maximum atomic E-state index is 13.5. The number of Topliss-reactive ketones (excluding diaryl/α,β-unsaturated/α-hetero) is 2. The first kappa shape index (κ1) is 26.5. The number of aromatic nitrogens is 1. The lowest BCUT2D eigenvalue weighted by Crippen LogP contribution is -2.20. The van der Waals surface area contributed by atoms with Crippen LogP contribution in [0.5, 0.6) is 0 Å². The summed E-state index contributed by atoms with van der Waals surface area (Å²) in [6.07, 6.45) is 6.92. The molecule has 3 saturated carbocycles. The van der Waals surface area contributed by atoms with Crippen LogP contribution in [-0.4, -0.2) is 41.3 Å². The highest BCUT2D eigenvalue weighted by atomic mass is 35.5. The molecule has 0 saturated heterocycles. The fraction of sp³-hybridized carbons (Fsp3) is 0.481. The van der Waals surface area contributed by atoms with Crippen LogP contribution in [0.25, 0.3) is 0 Å². The molecule has 36 heavy (non-hydrogen) atoms. The Morgan fingerprint density at radius 2 is 1.81 bits per heavy atom. The normalized spacial score (nSPS) is 20.6. The highest BCUT2D eigenvalue weighted by Crippen LogP contribution is 2.47. The topological polar surface area (TPSA) is 118 Å². The monoisotopic (exact) mass is 531 g/mol. The highest BCUT2D eigenvalue weighted by molar-refractivity contribution is 7.92. The lowest BCUT2D eigenvalue weighted by molar-refractivity contribution is -0.121. The molecule has 0 unspecified atom stereocenters. The quantitative estimate of drug-likeness (QED) is 0.473. The average molecular weight is 532 g/mol. The molecule has 0 radical (unpaired) electrons. The van der Waals surface area contributed by atoms with Gasteiger partial charge >= 0.3 is 5.97 Å². The number of carboxylic acids is 1. The number of carboxylic acid groups (broad SMARTS) is 1. The van der Waals surface area contributed by atoms with Crippen LogP contribution >= 0.6 is 12.4 Å². The van der Waals surface area contributed by atoms with E-state index in [4.69, 9.17) is 5.11 Å². The number of halogens is 1. The van der Waals surface area contributed by atoms with Crippen LogP contribution in [0.15, 0.2) is 41.4 Å². The maximum Gasteiger partial charge on any atom is 0.337 e. The summed E-state index contributed by atoms with van der Waals surface area (Å²) in [5.74, 6) is -1.04. The molecule has 0 amide bonds. The third-order valence-corrected chi connectivity index (χ3v) is 9.79. The van der Waals surface area contributed by atoms with E-state index in [1.165, 1.54) is 12.3 Å². The number of hydrogen-bond donors (Lipinski definition) is 1. The summed E-state index contributed by atoms with van der Waals surface area (Å²) < 4.78 is 26.1. The van der Waals surface area contributed by atoms with Gasteiger partial charge in [-0.25, -0.2) is 13.2 Å². The molecule has 0 spiro atoms. The van der Waals surface area contributed by atoms with Crippen molar-refractivity contribution in [2.24, 2.45) is 5.92 Å². The molecule has 1 aromatic heterocycles. The fourth-order valence-corrected chi connectivity index (χ4v) is 7.08. The predicted molar refractivity (Wildman–Crippen MR) is 135 cm³/mol. The van der Waals surface area contributed by atoms with Gasteiger partial charge in [0.2, 0.25) is 0 Å². The van der Waals surface area contributed by atoms with Gasteiger partial charge in [-0.3, -0.25) is 14.6 Å². The smallest absolute Gasteiger partial charge is 0.337 e. The Morgan fingerprint density at radius 3 is 2.36 bits per heavy atom. The summed E-state index contributed by atoms with van der Waals surface area (Å²) in [5, 5.41) is 8.81. The second-order valence-electron chi connectivity index (χ2n) is 10.2. The van der Waals surface area contributed by atoms with E-state index in [0.717, 1.165) is 30.4 Å². The molecule has 1 N–H and O–H groups in total. The number of hydrogen-bond acceptors (Lipinski definition) is 6. The van der Waals surface area contributed by atoms with Gasteiger partial charge < -0.3 is 5.11 Å². The van der Waals surface area contributed by atoms with Gasteiger partial charge in [0.25, 0.3) is 0 Å². The van der Waals surface area contributed by atoms with Crippen molar-refractivity contribution >= 4 is 39.8 Å². The van der Waals surface area contributed by atoms with Crippen molar-refractivity contribution in [3.63, 3.8) is 0 Å². The van der Waals surface area contributed by atoms with Gasteiger partial charge in [-0.15, -0.1) is 12.4 Å². The molecule has 3 fully saturated rings. The predicted octanol–water partition coefficient (Wildman–Crippen LogP) is 4.67.